The second-order valence-electron chi connectivity index (χ2n) is 11.1. The van der Waals surface area contributed by atoms with Crippen molar-refractivity contribution in [1.82, 2.24) is 0 Å². The van der Waals surface area contributed by atoms with E-state index in [1.807, 2.05) is 6.07 Å². The average Bonchev–Trinajstić information content (AvgIpc) is 3.70. The van der Waals surface area contributed by atoms with Gasteiger partial charge in [-0.05, 0) is 84.0 Å². The number of nitrogens with zero attached hydrogens (tertiary/aromatic N) is 1. The van der Waals surface area contributed by atoms with Crippen LogP contribution in [0, 0.1) is 0 Å². The van der Waals surface area contributed by atoms with Gasteiger partial charge in [-0.2, -0.15) is 0 Å². The third-order valence-electron chi connectivity index (χ3n) is 8.23. The topological polar surface area (TPSA) is 29.3 Å². The average molecular weight is 539 g/mol. The first kappa shape index (κ1) is 28.8. The SMILES string of the molecule is Cl.Nc1cccc(C2CCCC2)c1.c1ccc(CN(Cc2ccccc2)c2cccc(C3CCCC3)c2)cc1. The molecular formula is C36H43ClN2. The summed E-state index contributed by atoms with van der Waals surface area (Å²) in [4.78, 5) is 2.50. The Kier molecular flexibility index (Phi) is 10.9. The van der Waals surface area contributed by atoms with E-state index in [2.05, 4.69) is 108 Å². The van der Waals surface area contributed by atoms with Gasteiger partial charge in [-0.1, -0.05) is 111 Å². The predicted molar refractivity (Wildman–Crippen MR) is 170 cm³/mol. The van der Waals surface area contributed by atoms with Crippen LogP contribution < -0.4 is 10.6 Å². The van der Waals surface area contributed by atoms with Crippen molar-refractivity contribution in [1.29, 1.82) is 0 Å². The van der Waals surface area contributed by atoms with Crippen LogP contribution in [-0.4, -0.2) is 0 Å². The molecule has 2 N–H and O–H groups in total. The number of nitrogens with two attached hydrogens (primary N) is 1. The quantitative estimate of drug-likeness (QED) is 0.237. The lowest BCUT2D eigenvalue weighted by molar-refractivity contribution is 0.720. The zero-order valence-electron chi connectivity index (χ0n) is 23.1. The van der Waals surface area contributed by atoms with Crippen molar-refractivity contribution in [3.05, 3.63) is 131 Å². The first-order chi connectivity index (χ1) is 18.7. The van der Waals surface area contributed by atoms with Crippen LogP contribution in [0.15, 0.2) is 109 Å². The summed E-state index contributed by atoms with van der Waals surface area (Å²) in [5, 5.41) is 0. The highest BCUT2D eigenvalue weighted by Gasteiger charge is 2.18. The van der Waals surface area contributed by atoms with E-state index in [4.69, 9.17) is 5.73 Å². The molecule has 2 saturated carbocycles. The van der Waals surface area contributed by atoms with Gasteiger partial charge in [0.2, 0.25) is 0 Å². The van der Waals surface area contributed by atoms with E-state index >= 15 is 0 Å². The second-order valence-corrected chi connectivity index (χ2v) is 11.1. The molecule has 2 nitrogen and oxygen atoms in total. The van der Waals surface area contributed by atoms with Crippen molar-refractivity contribution in [3.8, 4) is 0 Å². The predicted octanol–water partition coefficient (Wildman–Crippen LogP) is 9.90. The molecule has 0 saturated heterocycles. The number of benzene rings is 4. The van der Waals surface area contributed by atoms with Gasteiger partial charge in [0.1, 0.15) is 0 Å². The van der Waals surface area contributed by atoms with Crippen molar-refractivity contribution in [2.45, 2.75) is 76.3 Å². The maximum absolute atomic E-state index is 5.73. The summed E-state index contributed by atoms with van der Waals surface area (Å²) in [6, 6.07) is 39.2. The van der Waals surface area contributed by atoms with Crippen LogP contribution in [0.1, 0.15) is 85.5 Å². The molecule has 0 aromatic heterocycles. The molecule has 0 bridgehead atoms. The van der Waals surface area contributed by atoms with Crippen LogP contribution in [0.5, 0.6) is 0 Å². The summed E-state index contributed by atoms with van der Waals surface area (Å²) in [5.41, 5.74) is 13.6. The number of hydrogen-bond donors (Lipinski definition) is 1. The summed E-state index contributed by atoms with van der Waals surface area (Å²) in [7, 11) is 0. The first-order valence-electron chi connectivity index (χ1n) is 14.5. The minimum absolute atomic E-state index is 0. The number of rotatable bonds is 7. The number of anilines is 2. The van der Waals surface area contributed by atoms with Crippen LogP contribution in [0.4, 0.5) is 11.4 Å². The molecule has 2 aliphatic rings. The van der Waals surface area contributed by atoms with Gasteiger partial charge < -0.3 is 10.6 Å². The second kappa shape index (κ2) is 14.8. The van der Waals surface area contributed by atoms with E-state index in [1.165, 1.54) is 79.3 Å². The van der Waals surface area contributed by atoms with Crippen molar-refractivity contribution in [2.75, 3.05) is 10.6 Å². The Morgan fingerprint density at radius 3 is 1.49 bits per heavy atom. The fourth-order valence-corrected chi connectivity index (χ4v) is 6.15. The summed E-state index contributed by atoms with van der Waals surface area (Å²) in [6.07, 6.45) is 10.9. The summed E-state index contributed by atoms with van der Waals surface area (Å²) in [6.45, 7) is 1.87. The van der Waals surface area contributed by atoms with E-state index in [0.29, 0.717) is 0 Å². The lowest BCUT2D eigenvalue weighted by atomic mass is 9.97. The van der Waals surface area contributed by atoms with Crippen LogP contribution in [-0.2, 0) is 13.1 Å². The van der Waals surface area contributed by atoms with Crippen molar-refractivity contribution in [2.24, 2.45) is 0 Å². The molecule has 0 heterocycles. The van der Waals surface area contributed by atoms with Crippen LogP contribution in [0.3, 0.4) is 0 Å². The van der Waals surface area contributed by atoms with Crippen molar-refractivity contribution < 1.29 is 0 Å². The highest BCUT2D eigenvalue weighted by atomic mass is 35.5. The molecule has 0 unspecified atom stereocenters. The Morgan fingerprint density at radius 2 is 1.00 bits per heavy atom. The lowest BCUT2D eigenvalue weighted by Crippen LogP contribution is -2.22. The molecule has 0 radical (unpaired) electrons. The van der Waals surface area contributed by atoms with E-state index < -0.39 is 0 Å². The van der Waals surface area contributed by atoms with Gasteiger partial charge in [-0.25, -0.2) is 0 Å². The molecule has 2 fully saturated rings. The zero-order chi connectivity index (χ0) is 26.0. The van der Waals surface area contributed by atoms with E-state index in [9.17, 15) is 0 Å². The fourth-order valence-electron chi connectivity index (χ4n) is 6.15. The molecular weight excluding hydrogens is 496 g/mol. The molecule has 4 aromatic rings. The Morgan fingerprint density at radius 1 is 0.538 bits per heavy atom. The largest absolute Gasteiger partial charge is 0.399 e. The van der Waals surface area contributed by atoms with Gasteiger partial charge in [0.15, 0.2) is 0 Å². The minimum Gasteiger partial charge on any atom is -0.399 e. The van der Waals surface area contributed by atoms with Gasteiger partial charge in [-0.3, -0.25) is 0 Å². The molecule has 0 spiro atoms. The van der Waals surface area contributed by atoms with Crippen molar-refractivity contribution >= 4 is 23.8 Å². The summed E-state index contributed by atoms with van der Waals surface area (Å²) in [5.74, 6) is 1.54. The summed E-state index contributed by atoms with van der Waals surface area (Å²) < 4.78 is 0. The van der Waals surface area contributed by atoms with Crippen LogP contribution in [0.25, 0.3) is 0 Å². The Labute approximate surface area is 241 Å². The Bertz CT molecular complexity index is 1200. The fraction of sp³-hybridized carbons (Fsp3) is 0.333. The normalized spacial score (nSPS) is 15.3. The van der Waals surface area contributed by atoms with Gasteiger partial charge in [0.05, 0.1) is 0 Å². The van der Waals surface area contributed by atoms with E-state index in [1.54, 1.807) is 0 Å². The smallest absolute Gasteiger partial charge is 0.0433 e. The monoisotopic (exact) mass is 538 g/mol. The molecule has 0 atom stereocenters. The molecule has 6 rings (SSSR count). The first-order valence-corrected chi connectivity index (χ1v) is 14.5. The number of hydrogen-bond acceptors (Lipinski definition) is 2. The van der Waals surface area contributed by atoms with Gasteiger partial charge in [-0.15, -0.1) is 12.4 Å². The van der Waals surface area contributed by atoms with Gasteiger partial charge >= 0.3 is 0 Å². The molecule has 2 aliphatic carbocycles. The number of halogens is 1. The molecule has 0 amide bonds. The maximum atomic E-state index is 5.73. The molecule has 39 heavy (non-hydrogen) atoms. The highest BCUT2D eigenvalue weighted by Crippen LogP contribution is 2.36. The number of nitrogen functional groups attached to an aromatic ring is 1. The molecule has 204 valence electrons. The van der Waals surface area contributed by atoms with E-state index in [0.717, 1.165) is 30.6 Å². The third-order valence-corrected chi connectivity index (χ3v) is 8.23. The zero-order valence-corrected chi connectivity index (χ0v) is 23.9. The van der Waals surface area contributed by atoms with Crippen LogP contribution in [0.2, 0.25) is 0 Å². The van der Waals surface area contributed by atoms with Gasteiger partial charge in [0, 0.05) is 24.5 Å². The maximum Gasteiger partial charge on any atom is 0.0433 e. The minimum atomic E-state index is 0. The van der Waals surface area contributed by atoms with E-state index in [-0.39, 0.29) is 12.4 Å². The summed E-state index contributed by atoms with van der Waals surface area (Å²) >= 11 is 0. The molecule has 0 aliphatic heterocycles. The molecule has 4 aromatic carbocycles. The highest BCUT2D eigenvalue weighted by molar-refractivity contribution is 5.85. The van der Waals surface area contributed by atoms with Gasteiger partial charge in [0.25, 0.3) is 0 Å². The molecule has 3 heteroatoms. The Balaban J connectivity index is 0.000000228. The van der Waals surface area contributed by atoms with Crippen molar-refractivity contribution in [3.63, 3.8) is 0 Å². The standard InChI is InChI=1S/C25H27N.C11H15N.ClH/c1-3-10-21(11-4-1)19-26(20-22-12-5-2-6-13-22)25-17-9-16-24(18-25)23-14-7-8-15-23;12-11-7-3-6-10(8-11)9-4-1-2-5-9;/h1-6,9-13,16-18,23H,7-8,14-15,19-20H2;3,6-9H,1-2,4-5,12H2;1H. The Hall–Kier alpha value is -3.23. The lowest BCUT2D eigenvalue weighted by Gasteiger charge is -2.26. The van der Waals surface area contributed by atoms with Crippen LogP contribution >= 0.6 is 12.4 Å². The third kappa shape index (κ3) is 8.38.